The van der Waals surface area contributed by atoms with E-state index < -0.39 is 0 Å². The zero-order valence-corrected chi connectivity index (χ0v) is 13.3. The highest BCUT2D eigenvalue weighted by molar-refractivity contribution is 6.33. The van der Waals surface area contributed by atoms with E-state index in [1.54, 1.807) is 24.4 Å². The first-order valence-electron chi connectivity index (χ1n) is 7.49. The Kier molecular flexibility index (Phi) is 3.47. The van der Waals surface area contributed by atoms with E-state index in [9.17, 15) is 9.90 Å². The van der Waals surface area contributed by atoms with Crippen molar-refractivity contribution in [1.29, 1.82) is 0 Å². The third-order valence-electron chi connectivity index (χ3n) is 4.07. The number of para-hydroxylation sites is 1. The third kappa shape index (κ3) is 2.51. The Balaban J connectivity index is 1.73. The van der Waals surface area contributed by atoms with E-state index in [-0.39, 0.29) is 11.7 Å². The molecule has 1 aromatic heterocycles. The average molecular weight is 337 g/mol. The van der Waals surface area contributed by atoms with E-state index in [1.165, 1.54) is 0 Å². The molecule has 4 rings (SSSR count). The molecular weight excluding hydrogens is 324 g/mol. The summed E-state index contributed by atoms with van der Waals surface area (Å²) in [6.07, 6.45) is 2.06. The quantitative estimate of drug-likeness (QED) is 0.734. The molecule has 0 fully saturated rings. The molecular formula is C19H13ClN2O2. The first-order chi connectivity index (χ1) is 11.6. The normalized spacial score (nSPS) is 12.8. The highest BCUT2D eigenvalue weighted by Gasteiger charge is 2.20. The summed E-state index contributed by atoms with van der Waals surface area (Å²) in [6.45, 7) is 0. The summed E-state index contributed by atoms with van der Waals surface area (Å²) in [6, 6.07) is 14.5. The van der Waals surface area contributed by atoms with Crippen LogP contribution < -0.4 is 5.32 Å². The van der Waals surface area contributed by atoms with Gasteiger partial charge < -0.3 is 10.4 Å². The molecule has 0 spiro atoms. The van der Waals surface area contributed by atoms with Crippen LogP contribution in [0.5, 0.6) is 5.75 Å². The monoisotopic (exact) mass is 336 g/mol. The van der Waals surface area contributed by atoms with E-state index in [0.717, 1.165) is 33.6 Å². The SMILES string of the molecule is O=C1Cc2cc(-c3ccc(-c4ccccc4O)cn3)c(Cl)cc2N1. The topological polar surface area (TPSA) is 62.2 Å². The van der Waals surface area contributed by atoms with Crippen LogP contribution in [0, 0.1) is 0 Å². The van der Waals surface area contributed by atoms with E-state index in [4.69, 9.17) is 11.6 Å². The van der Waals surface area contributed by atoms with Gasteiger partial charge in [-0.05, 0) is 29.8 Å². The predicted molar refractivity (Wildman–Crippen MR) is 94.1 cm³/mol. The van der Waals surface area contributed by atoms with Crippen molar-refractivity contribution in [3.05, 3.63) is 65.3 Å². The second-order valence-corrected chi connectivity index (χ2v) is 6.07. The largest absolute Gasteiger partial charge is 0.507 e. The van der Waals surface area contributed by atoms with Gasteiger partial charge in [-0.25, -0.2) is 0 Å². The molecule has 5 heteroatoms. The number of pyridine rings is 1. The van der Waals surface area contributed by atoms with Crippen molar-refractivity contribution >= 4 is 23.2 Å². The van der Waals surface area contributed by atoms with Crippen LogP contribution in [0.4, 0.5) is 5.69 Å². The number of benzene rings is 2. The molecule has 24 heavy (non-hydrogen) atoms. The number of carbonyl (C=O) groups is 1. The van der Waals surface area contributed by atoms with Crippen LogP contribution in [0.25, 0.3) is 22.4 Å². The number of hydrogen-bond acceptors (Lipinski definition) is 3. The van der Waals surface area contributed by atoms with Gasteiger partial charge in [0.25, 0.3) is 0 Å². The number of hydrogen-bond donors (Lipinski definition) is 2. The second kappa shape index (κ2) is 5.65. The van der Waals surface area contributed by atoms with Gasteiger partial charge in [0.1, 0.15) is 5.75 Å². The third-order valence-corrected chi connectivity index (χ3v) is 4.39. The van der Waals surface area contributed by atoms with Crippen LogP contribution in [0.3, 0.4) is 0 Å². The number of rotatable bonds is 2. The molecule has 1 aliphatic rings. The average Bonchev–Trinajstić information content (AvgIpc) is 2.94. The van der Waals surface area contributed by atoms with E-state index in [0.29, 0.717) is 11.4 Å². The number of carbonyl (C=O) groups excluding carboxylic acids is 1. The van der Waals surface area contributed by atoms with E-state index >= 15 is 0 Å². The summed E-state index contributed by atoms with van der Waals surface area (Å²) < 4.78 is 0. The summed E-state index contributed by atoms with van der Waals surface area (Å²) in [5.41, 5.74) is 4.75. The molecule has 1 aliphatic heterocycles. The number of halogens is 1. The van der Waals surface area contributed by atoms with Crippen molar-refractivity contribution in [3.8, 4) is 28.1 Å². The molecule has 118 valence electrons. The molecule has 4 nitrogen and oxygen atoms in total. The molecule has 2 aromatic carbocycles. The van der Waals surface area contributed by atoms with Gasteiger partial charge in [0.2, 0.25) is 5.91 Å². The summed E-state index contributed by atoms with van der Waals surface area (Å²) in [4.78, 5) is 16.0. The maximum Gasteiger partial charge on any atom is 0.228 e. The molecule has 0 saturated carbocycles. The molecule has 0 saturated heterocycles. The minimum absolute atomic E-state index is 0.0268. The van der Waals surface area contributed by atoms with Crippen molar-refractivity contribution < 1.29 is 9.90 Å². The highest BCUT2D eigenvalue weighted by Crippen LogP contribution is 2.36. The molecule has 2 heterocycles. The zero-order valence-electron chi connectivity index (χ0n) is 12.6. The van der Waals surface area contributed by atoms with Crippen molar-refractivity contribution in [3.63, 3.8) is 0 Å². The lowest BCUT2D eigenvalue weighted by Crippen LogP contribution is -2.03. The minimum atomic E-state index is -0.0268. The van der Waals surface area contributed by atoms with Crippen LogP contribution in [-0.4, -0.2) is 16.0 Å². The number of anilines is 1. The highest BCUT2D eigenvalue weighted by atomic mass is 35.5. The van der Waals surface area contributed by atoms with Gasteiger partial charge in [-0.2, -0.15) is 0 Å². The number of aromatic nitrogens is 1. The minimum Gasteiger partial charge on any atom is -0.507 e. The molecule has 0 bridgehead atoms. The van der Waals surface area contributed by atoms with Crippen LogP contribution >= 0.6 is 11.6 Å². The number of phenolic OH excluding ortho intramolecular Hbond substituents is 1. The Labute approximate surface area is 143 Å². The summed E-state index contributed by atoms with van der Waals surface area (Å²) in [7, 11) is 0. The number of nitrogens with zero attached hydrogens (tertiary/aromatic N) is 1. The Hall–Kier alpha value is -2.85. The Bertz CT molecular complexity index is 952. The molecule has 0 atom stereocenters. The number of aromatic hydroxyl groups is 1. The van der Waals surface area contributed by atoms with Gasteiger partial charge in [-0.3, -0.25) is 9.78 Å². The standard InChI is InChI=1S/C19H13ClN2O2/c20-15-9-17-12(8-19(24)22-17)7-14(15)16-6-5-11(10-21-16)13-3-1-2-4-18(13)23/h1-7,9-10,23H,8H2,(H,22,24). The van der Waals surface area contributed by atoms with Crippen molar-refractivity contribution in [2.45, 2.75) is 6.42 Å². The van der Waals surface area contributed by atoms with Crippen molar-refractivity contribution in [1.82, 2.24) is 4.98 Å². The fourth-order valence-corrected chi connectivity index (χ4v) is 3.14. The Morgan fingerprint density at radius 1 is 1.08 bits per heavy atom. The first kappa shape index (κ1) is 14.7. The first-order valence-corrected chi connectivity index (χ1v) is 7.86. The van der Waals surface area contributed by atoms with Gasteiger partial charge in [-0.15, -0.1) is 0 Å². The fourth-order valence-electron chi connectivity index (χ4n) is 2.87. The summed E-state index contributed by atoms with van der Waals surface area (Å²) in [5, 5.41) is 13.3. The van der Waals surface area contributed by atoms with Gasteiger partial charge in [-0.1, -0.05) is 35.9 Å². The summed E-state index contributed by atoms with van der Waals surface area (Å²) in [5.74, 6) is 0.188. The van der Waals surface area contributed by atoms with Crippen LogP contribution in [0.1, 0.15) is 5.56 Å². The zero-order chi connectivity index (χ0) is 16.7. The van der Waals surface area contributed by atoms with Crippen molar-refractivity contribution in [2.75, 3.05) is 5.32 Å². The van der Waals surface area contributed by atoms with Gasteiger partial charge in [0, 0.05) is 28.6 Å². The predicted octanol–water partition coefficient (Wildman–Crippen LogP) is 4.27. The molecule has 3 aromatic rings. The second-order valence-electron chi connectivity index (χ2n) is 5.66. The molecule has 0 radical (unpaired) electrons. The molecule has 0 unspecified atom stereocenters. The van der Waals surface area contributed by atoms with Gasteiger partial charge in [0.15, 0.2) is 0 Å². The number of nitrogens with one attached hydrogen (secondary N) is 1. The van der Waals surface area contributed by atoms with E-state index in [2.05, 4.69) is 10.3 Å². The van der Waals surface area contributed by atoms with Crippen LogP contribution in [0.2, 0.25) is 5.02 Å². The molecule has 0 aliphatic carbocycles. The van der Waals surface area contributed by atoms with Gasteiger partial charge in [0.05, 0.1) is 17.1 Å². The maximum atomic E-state index is 11.5. The lowest BCUT2D eigenvalue weighted by Gasteiger charge is -2.09. The van der Waals surface area contributed by atoms with E-state index in [1.807, 2.05) is 30.3 Å². The summed E-state index contributed by atoms with van der Waals surface area (Å²) >= 11 is 6.34. The Morgan fingerprint density at radius 2 is 1.92 bits per heavy atom. The molecule has 1 amide bonds. The van der Waals surface area contributed by atoms with Gasteiger partial charge >= 0.3 is 0 Å². The smallest absolute Gasteiger partial charge is 0.228 e. The molecule has 2 N–H and O–H groups in total. The number of phenols is 1. The lowest BCUT2D eigenvalue weighted by molar-refractivity contribution is -0.115. The van der Waals surface area contributed by atoms with Crippen LogP contribution in [0.15, 0.2) is 54.7 Å². The van der Waals surface area contributed by atoms with Crippen molar-refractivity contribution in [2.24, 2.45) is 0 Å². The number of amides is 1. The fraction of sp³-hybridized carbons (Fsp3) is 0.0526. The number of fused-ring (bicyclic) bond motifs is 1. The lowest BCUT2D eigenvalue weighted by atomic mass is 10.0. The van der Waals surface area contributed by atoms with Crippen LogP contribution in [-0.2, 0) is 11.2 Å². The maximum absolute atomic E-state index is 11.5. The Morgan fingerprint density at radius 3 is 2.67 bits per heavy atom.